The molecule has 2 radical (unpaired) electrons. The van der Waals surface area contributed by atoms with Gasteiger partial charge in [0.2, 0.25) is 0 Å². The summed E-state index contributed by atoms with van der Waals surface area (Å²) in [5, 5.41) is -0.00599. The number of hydrogen-bond acceptors (Lipinski definition) is 0. The van der Waals surface area contributed by atoms with Crippen LogP contribution in [0.2, 0.25) is 5.31 Å². The van der Waals surface area contributed by atoms with Crippen molar-refractivity contribution in [3.05, 3.63) is 0 Å². The molecule has 15 heavy (non-hydrogen) atoms. The lowest BCUT2D eigenvalue weighted by Gasteiger charge is -2.44. The van der Waals surface area contributed by atoms with E-state index in [1.165, 1.54) is 38.5 Å². The molecule has 0 aromatic carbocycles. The minimum Gasteiger partial charge on any atom is -0.0671 e. The van der Waals surface area contributed by atoms with Crippen molar-refractivity contribution < 1.29 is 0 Å². The fourth-order valence-corrected chi connectivity index (χ4v) is 2.23. The Morgan fingerprint density at radius 3 is 1.87 bits per heavy atom. The second-order valence-corrected chi connectivity index (χ2v) is 5.50. The molecule has 2 unspecified atom stereocenters. The highest BCUT2D eigenvalue weighted by Crippen LogP contribution is 2.51. The normalized spacial score (nSPS) is 19.5. The summed E-state index contributed by atoms with van der Waals surface area (Å²) >= 11 is 0. The Morgan fingerprint density at radius 2 is 1.47 bits per heavy atom. The number of rotatable bonds is 8. The van der Waals surface area contributed by atoms with Gasteiger partial charge in [-0.1, -0.05) is 78.5 Å². The monoisotopic (exact) mass is 208 g/mol. The van der Waals surface area contributed by atoms with Crippen molar-refractivity contribution >= 4 is 7.85 Å². The van der Waals surface area contributed by atoms with Crippen LogP contribution in [0.15, 0.2) is 0 Å². The van der Waals surface area contributed by atoms with Gasteiger partial charge in [0.05, 0.1) is 7.85 Å². The van der Waals surface area contributed by atoms with Crippen molar-refractivity contribution in [2.75, 3.05) is 0 Å². The Balaban J connectivity index is 4.19. The summed E-state index contributed by atoms with van der Waals surface area (Å²) in [5.74, 6) is 0. The molecule has 2 atom stereocenters. The lowest BCUT2D eigenvalue weighted by atomic mass is 9.50. The van der Waals surface area contributed by atoms with E-state index >= 15 is 0 Å². The first-order chi connectivity index (χ1) is 6.93. The van der Waals surface area contributed by atoms with Gasteiger partial charge in [-0.05, 0) is 11.8 Å². The van der Waals surface area contributed by atoms with Gasteiger partial charge in [0.1, 0.15) is 0 Å². The maximum absolute atomic E-state index is 6.42. The quantitative estimate of drug-likeness (QED) is 0.383. The van der Waals surface area contributed by atoms with Gasteiger partial charge < -0.3 is 0 Å². The fourth-order valence-electron chi connectivity index (χ4n) is 2.23. The zero-order valence-corrected chi connectivity index (χ0v) is 11.5. The lowest BCUT2D eigenvalue weighted by molar-refractivity contribution is 0.180. The first-order valence-electron chi connectivity index (χ1n) is 6.72. The Kier molecular flexibility index (Phi) is 6.63. The maximum Gasteiger partial charge on any atom is 0.0749 e. The molecular formula is C14H29B. The van der Waals surface area contributed by atoms with Crippen molar-refractivity contribution in [3.8, 4) is 0 Å². The van der Waals surface area contributed by atoms with E-state index in [1.807, 2.05) is 0 Å². The van der Waals surface area contributed by atoms with Crippen LogP contribution in [-0.2, 0) is 0 Å². The molecule has 0 saturated carbocycles. The van der Waals surface area contributed by atoms with Gasteiger partial charge in [-0.25, -0.2) is 0 Å². The van der Waals surface area contributed by atoms with Crippen LogP contribution in [0.1, 0.15) is 79.6 Å². The minimum atomic E-state index is -0.00599. The molecule has 0 aliphatic heterocycles. The van der Waals surface area contributed by atoms with Crippen LogP contribution in [0.5, 0.6) is 0 Å². The molecule has 0 saturated heterocycles. The Morgan fingerprint density at radius 1 is 0.867 bits per heavy atom. The minimum absolute atomic E-state index is 0.00599. The van der Waals surface area contributed by atoms with E-state index in [9.17, 15) is 0 Å². The predicted octanol–water partition coefficient (Wildman–Crippen LogP) is 5.13. The third-order valence-corrected chi connectivity index (χ3v) is 4.48. The van der Waals surface area contributed by atoms with E-state index in [0.717, 1.165) is 6.42 Å². The van der Waals surface area contributed by atoms with Crippen LogP contribution in [0.4, 0.5) is 0 Å². The molecule has 0 aliphatic carbocycles. The molecule has 0 aromatic heterocycles. The van der Waals surface area contributed by atoms with Gasteiger partial charge in [0.25, 0.3) is 0 Å². The highest BCUT2D eigenvalue weighted by atomic mass is 14.4. The number of hydrogen-bond donors (Lipinski definition) is 0. The molecule has 0 amide bonds. The Bertz CT molecular complexity index is 163. The molecule has 0 rings (SSSR count). The lowest BCUT2D eigenvalue weighted by Crippen LogP contribution is -2.31. The van der Waals surface area contributed by atoms with E-state index in [2.05, 4.69) is 34.6 Å². The molecule has 0 spiro atoms. The van der Waals surface area contributed by atoms with Crippen LogP contribution in [-0.4, -0.2) is 7.85 Å². The molecule has 0 aromatic rings. The van der Waals surface area contributed by atoms with Gasteiger partial charge in [0, 0.05) is 0 Å². The molecule has 88 valence electrons. The standard InChI is InChI=1S/C14H29B/c1-6-9-10-11-12-13(4,7-2)14(5,15)8-3/h6-12H2,1-5H3. The molecule has 0 fully saturated rings. The highest BCUT2D eigenvalue weighted by molar-refractivity contribution is 6.15. The zero-order chi connectivity index (χ0) is 11.9. The third-order valence-electron chi connectivity index (χ3n) is 4.48. The van der Waals surface area contributed by atoms with Crippen molar-refractivity contribution in [2.24, 2.45) is 5.41 Å². The summed E-state index contributed by atoms with van der Waals surface area (Å²) in [5.41, 5.74) is 0.315. The number of unbranched alkanes of at least 4 members (excludes halogenated alkanes) is 3. The topological polar surface area (TPSA) is 0 Å². The molecule has 0 bridgehead atoms. The molecule has 0 nitrogen and oxygen atoms in total. The van der Waals surface area contributed by atoms with Crippen molar-refractivity contribution in [2.45, 2.75) is 84.9 Å². The van der Waals surface area contributed by atoms with E-state index in [4.69, 9.17) is 7.85 Å². The van der Waals surface area contributed by atoms with Gasteiger partial charge >= 0.3 is 0 Å². The van der Waals surface area contributed by atoms with E-state index in [0.29, 0.717) is 5.41 Å². The average molecular weight is 208 g/mol. The van der Waals surface area contributed by atoms with Gasteiger partial charge in [-0.3, -0.25) is 0 Å². The highest BCUT2D eigenvalue weighted by Gasteiger charge is 2.36. The SMILES string of the molecule is [B]C(C)(CC)C(C)(CC)CCCCCC. The molecule has 0 N–H and O–H groups in total. The Labute approximate surface area is 98.6 Å². The van der Waals surface area contributed by atoms with E-state index in [1.54, 1.807) is 0 Å². The van der Waals surface area contributed by atoms with E-state index < -0.39 is 0 Å². The summed E-state index contributed by atoms with van der Waals surface area (Å²) in [6.45, 7) is 11.3. The van der Waals surface area contributed by atoms with Crippen molar-refractivity contribution in [1.82, 2.24) is 0 Å². The van der Waals surface area contributed by atoms with Gasteiger partial charge in [-0.15, -0.1) is 0 Å². The van der Waals surface area contributed by atoms with Crippen LogP contribution < -0.4 is 0 Å². The summed E-state index contributed by atoms with van der Waals surface area (Å²) in [6.07, 6.45) is 8.94. The smallest absolute Gasteiger partial charge is 0.0671 e. The van der Waals surface area contributed by atoms with E-state index in [-0.39, 0.29) is 5.31 Å². The van der Waals surface area contributed by atoms with Crippen molar-refractivity contribution in [3.63, 3.8) is 0 Å². The van der Waals surface area contributed by atoms with Crippen LogP contribution in [0.25, 0.3) is 0 Å². The molecule has 0 aliphatic rings. The molecule has 0 heterocycles. The van der Waals surface area contributed by atoms with Gasteiger partial charge in [0.15, 0.2) is 0 Å². The zero-order valence-electron chi connectivity index (χ0n) is 11.5. The van der Waals surface area contributed by atoms with Crippen LogP contribution >= 0.6 is 0 Å². The summed E-state index contributed by atoms with van der Waals surface area (Å²) in [7, 11) is 6.42. The average Bonchev–Trinajstić information content (AvgIpc) is 2.23. The summed E-state index contributed by atoms with van der Waals surface area (Å²) in [6, 6.07) is 0. The molecular weight excluding hydrogens is 179 g/mol. The summed E-state index contributed by atoms with van der Waals surface area (Å²) < 4.78 is 0. The maximum atomic E-state index is 6.42. The third kappa shape index (κ3) is 4.21. The molecule has 1 heteroatoms. The fraction of sp³-hybridized carbons (Fsp3) is 1.00. The second kappa shape index (κ2) is 6.61. The van der Waals surface area contributed by atoms with Crippen LogP contribution in [0, 0.1) is 5.41 Å². The van der Waals surface area contributed by atoms with Crippen LogP contribution in [0.3, 0.4) is 0 Å². The van der Waals surface area contributed by atoms with Gasteiger partial charge in [-0.2, -0.15) is 0 Å². The second-order valence-electron chi connectivity index (χ2n) is 5.50. The largest absolute Gasteiger partial charge is 0.0749 e. The Hall–Kier alpha value is 0.0649. The first-order valence-corrected chi connectivity index (χ1v) is 6.72. The first kappa shape index (κ1) is 15.1. The predicted molar refractivity (Wildman–Crippen MR) is 71.6 cm³/mol. The van der Waals surface area contributed by atoms with Crippen molar-refractivity contribution in [1.29, 1.82) is 0 Å². The summed E-state index contributed by atoms with van der Waals surface area (Å²) in [4.78, 5) is 0.